The lowest BCUT2D eigenvalue weighted by molar-refractivity contribution is -0.150. The van der Waals surface area contributed by atoms with Gasteiger partial charge in [-0.05, 0) is 12.5 Å². The van der Waals surface area contributed by atoms with Crippen LogP contribution in [-0.4, -0.2) is 61.1 Å². The molecule has 1 aliphatic heterocycles. The molecule has 2 N–H and O–H groups in total. The zero-order valence-corrected chi connectivity index (χ0v) is 15.3. The van der Waals surface area contributed by atoms with Crippen LogP contribution in [-0.2, 0) is 16.1 Å². The first-order valence-electron chi connectivity index (χ1n) is 7.46. The Morgan fingerprint density at radius 1 is 1.39 bits per heavy atom. The molecule has 2 atom stereocenters. The fraction of sp³-hybridized carbons (Fsp3) is 0.562. The molecule has 1 heterocycles. The molecular weight excluding hydrogens is 337 g/mol. The van der Waals surface area contributed by atoms with E-state index in [0.29, 0.717) is 19.7 Å². The minimum atomic E-state index is -0.388. The third-order valence-electron chi connectivity index (χ3n) is 4.02. The van der Waals surface area contributed by atoms with E-state index >= 15 is 0 Å². The Balaban J connectivity index is 0.00000242. The van der Waals surface area contributed by atoms with Crippen LogP contribution in [0.4, 0.5) is 0 Å². The van der Waals surface area contributed by atoms with Crippen LogP contribution in [0, 0.1) is 0 Å². The van der Waals surface area contributed by atoms with Crippen LogP contribution in [0.15, 0.2) is 30.3 Å². The highest BCUT2D eigenvalue weighted by atomic mass is 35.5. The van der Waals surface area contributed by atoms with Crippen LogP contribution >= 0.6 is 24.8 Å². The smallest absolute Gasteiger partial charge is 0.253 e. The molecule has 1 aromatic carbocycles. The Bertz CT molecular complexity index is 462. The third-order valence-corrected chi connectivity index (χ3v) is 4.02. The van der Waals surface area contributed by atoms with Crippen molar-refractivity contribution in [3.8, 4) is 0 Å². The average Bonchev–Trinajstić information content (AvgIpc) is 2.54. The zero-order chi connectivity index (χ0) is 15.2. The van der Waals surface area contributed by atoms with Crippen molar-refractivity contribution in [3.05, 3.63) is 35.9 Å². The second-order valence-electron chi connectivity index (χ2n) is 5.61. The van der Waals surface area contributed by atoms with Crippen LogP contribution < -0.4 is 5.73 Å². The number of amides is 1. The van der Waals surface area contributed by atoms with Crippen LogP contribution in [0.25, 0.3) is 0 Å². The Labute approximate surface area is 151 Å². The molecule has 1 saturated heterocycles. The van der Waals surface area contributed by atoms with Gasteiger partial charge in [0.1, 0.15) is 6.10 Å². The van der Waals surface area contributed by atoms with Crippen molar-refractivity contribution in [2.75, 3.05) is 33.3 Å². The molecule has 2 unspecified atom stereocenters. The predicted octanol–water partition coefficient (Wildman–Crippen LogP) is 1.54. The first-order chi connectivity index (χ1) is 10.1. The van der Waals surface area contributed by atoms with Gasteiger partial charge in [0.15, 0.2) is 0 Å². The highest BCUT2D eigenvalue weighted by molar-refractivity contribution is 5.85. The molecule has 23 heavy (non-hydrogen) atoms. The molecule has 5 nitrogen and oxygen atoms in total. The number of ether oxygens (including phenoxy) is 1. The average molecular weight is 364 g/mol. The summed E-state index contributed by atoms with van der Waals surface area (Å²) in [6.45, 7) is 5.34. The number of morpholine rings is 1. The number of halogens is 2. The molecule has 1 fully saturated rings. The van der Waals surface area contributed by atoms with Gasteiger partial charge in [0.25, 0.3) is 5.91 Å². The normalized spacial score (nSPS) is 19.2. The van der Waals surface area contributed by atoms with Crippen molar-refractivity contribution < 1.29 is 9.53 Å². The molecule has 0 aromatic heterocycles. The van der Waals surface area contributed by atoms with Crippen LogP contribution in [0.2, 0.25) is 0 Å². The van der Waals surface area contributed by atoms with Gasteiger partial charge >= 0.3 is 0 Å². The lowest BCUT2D eigenvalue weighted by atomic mass is 10.1. The molecule has 0 bridgehead atoms. The van der Waals surface area contributed by atoms with E-state index in [-0.39, 0.29) is 42.9 Å². The van der Waals surface area contributed by atoms with Crippen molar-refractivity contribution in [3.63, 3.8) is 0 Å². The van der Waals surface area contributed by atoms with Gasteiger partial charge in [-0.15, -0.1) is 24.8 Å². The summed E-state index contributed by atoms with van der Waals surface area (Å²) < 4.78 is 5.65. The van der Waals surface area contributed by atoms with Crippen LogP contribution in [0.5, 0.6) is 0 Å². The molecule has 2 rings (SSSR count). The molecule has 0 aliphatic carbocycles. The number of rotatable bonds is 5. The number of benzene rings is 1. The van der Waals surface area contributed by atoms with Gasteiger partial charge < -0.3 is 15.4 Å². The number of nitrogens with two attached hydrogens (primary N) is 1. The van der Waals surface area contributed by atoms with E-state index in [9.17, 15) is 4.79 Å². The van der Waals surface area contributed by atoms with Gasteiger partial charge in [0.2, 0.25) is 0 Å². The molecule has 0 radical (unpaired) electrons. The van der Waals surface area contributed by atoms with Crippen molar-refractivity contribution in [1.29, 1.82) is 0 Å². The highest BCUT2D eigenvalue weighted by Gasteiger charge is 2.30. The van der Waals surface area contributed by atoms with E-state index in [1.807, 2.05) is 25.1 Å². The van der Waals surface area contributed by atoms with Crippen LogP contribution in [0.1, 0.15) is 12.5 Å². The summed E-state index contributed by atoms with van der Waals surface area (Å²) in [6, 6.07) is 10.3. The largest absolute Gasteiger partial charge is 0.366 e. The minimum Gasteiger partial charge on any atom is -0.366 e. The monoisotopic (exact) mass is 363 g/mol. The molecule has 1 aliphatic rings. The number of carbonyl (C=O) groups excluding carboxylic acids is 1. The van der Waals surface area contributed by atoms with Crippen molar-refractivity contribution in [1.82, 2.24) is 9.80 Å². The van der Waals surface area contributed by atoms with E-state index < -0.39 is 0 Å². The third kappa shape index (κ3) is 6.28. The topological polar surface area (TPSA) is 58.8 Å². The van der Waals surface area contributed by atoms with E-state index in [1.54, 1.807) is 11.9 Å². The SMILES string of the molecule is CC(CN)N(C)C(=O)C1CN(Cc2ccccc2)CCO1.Cl.Cl. The first-order valence-corrected chi connectivity index (χ1v) is 7.46. The minimum absolute atomic E-state index is 0. The quantitative estimate of drug-likeness (QED) is 0.861. The summed E-state index contributed by atoms with van der Waals surface area (Å²) in [5.41, 5.74) is 6.88. The number of hydrogen-bond acceptors (Lipinski definition) is 4. The van der Waals surface area contributed by atoms with Gasteiger partial charge in [-0.3, -0.25) is 9.69 Å². The van der Waals surface area contributed by atoms with Gasteiger partial charge in [-0.2, -0.15) is 0 Å². The lowest BCUT2D eigenvalue weighted by Gasteiger charge is -2.35. The summed E-state index contributed by atoms with van der Waals surface area (Å²) in [7, 11) is 1.79. The Hall–Kier alpha value is -0.850. The standard InChI is InChI=1S/C16H25N3O2.2ClH/c1-13(10-17)18(2)16(20)15-12-19(8-9-21-15)11-14-6-4-3-5-7-14;;/h3-7,13,15H,8-12,17H2,1-2H3;2*1H. The van der Waals surface area contributed by atoms with Crippen molar-refractivity contribution >= 4 is 30.7 Å². The molecule has 1 amide bonds. The van der Waals surface area contributed by atoms with Crippen LogP contribution in [0.3, 0.4) is 0 Å². The molecule has 7 heteroatoms. The summed E-state index contributed by atoms with van der Waals surface area (Å²) in [5.74, 6) is 0.0192. The number of nitrogens with zero attached hydrogens (tertiary/aromatic N) is 2. The maximum Gasteiger partial charge on any atom is 0.253 e. The molecule has 1 aromatic rings. The van der Waals surface area contributed by atoms with Crippen molar-refractivity contribution in [2.24, 2.45) is 5.73 Å². The first kappa shape index (κ1) is 22.1. The summed E-state index contributed by atoms with van der Waals surface area (Å²) in [5, 5.41) is 0. The lowest BCUT2D eigenvalue weighted by Crippen LogP contribution is -2.52. The zero-order valence-electron chi connectivity index (χ0n) is 13.7. The summed E-state index contributed by atoms with van der Waals surface area (Å²) >= 11 is 0. The number of carbonyl (C=O) groups is 1. The van der Waals surface area contributed by atoms with Crippen molar-refractivity contribution in [2.45, 2.75) is 25.6 Å². The Morgan fingerprint density at radius 3 is 2.65 bits per heavy atom. The fourth-order valence-corrected chi connectivity index (χ4v) is 2.44. The highest BCUT2D eigenvalue weighted by Crippen LogP contribution is 2.12. The Kier molecular flexibility index (Phi) is 10.4. The van der Waals surface area contributed by atoms with Gasteiger partial charge in [-0.1, -0.05) is 30.3 Å². The summed E-state index contributed by atoms with van der Waals surface area (Å²) in [6.07, 6.45) is -0.388. The maximum atomic E-state index is 12.4. The van der Waals surface area contributed by atoms with E-state index in [1.165, 1.54) is 5.56 Å². The van der Waals surface area contributed by atoms with Gasteiger partial charge in [0.05, 0.1) is 6.61 Å². The molecule has 0 saturated carbocycles. The second-order valence-corrected chi connectivity index (χ2v) is 5.61. The predicted molar refractivity (Wildman–Crippen MR) is 97.2 cm³/mol. The van der Waals surface area contributed by atoms with E-state index in [0.717, 1.165) is 13.1 Å². The maximum absolute atomic E-state index is 12.4. The number of hydrogen-bond donors (Lipinski definition) is 1. The molecular formula is C16H27Cl2N3O2. The second kappa shape index (κ2) is 10.8. The van der Waals surface area contributed by atoms with E-state index in [4.69, 9.17) is 10.5 Å². The molecule has 0 spiro atoms. The van der Waals surface area contributed by atoms with E-state index in [2.05, 4.69) is 17.0 Å². The van der Waals surface area contributed by atoms with Gasteiger partial charge in [0, 0.05) is 39.3 Å². The fourth-order valence-electron chi connectivity index (χ4n) is 2.44. The molecule has 132 valence electrons. The van der Waals surface area contributed by atoms with Gasteiger partial charge in [-0.25, -0.2) is 0 Å². The summed E-state index contributed by atoms with van der Waals surface area (Å²) in [4.78, 5) is 16.4. The number of likely N-dealkylation sites (N-methyl/N-ethyl adjacent to an activating group) is 1. The Morgan fingerprint density at radius 2 is 2.04 bits per heavy atom.